The molecule has 2 aromatic rings. The fourth-order valence-corrected chi connectivity index (χ4v) is 3.79. The molecule has 2 aromatic carbocycles. The van der Waals surface area contributed by atoms with Crippen molar-refractivity contribution in [2.75, 3.05) is 31.1 Å². The highest BCUT2D eigenvalue weighted by Crippen LogP contribution is 2.27. The van der Waals surface area contributed by atoms with Crippen LogP contribution in [0, 0.1) is 0 Å². The highest BCUT2D eigenvalue weighted by atomic mass is 79.9. The number of hydrogen-bond donors (Lipinski definition) is 1. The van der Waals surface area contributed by atoms with Gasteiger partial charge in [-0.05, 0) is 72.3 Å². The van der Waals surface area contributed by atoms with E-state index < -0.39 is 0 Å². The van der Waals surface area contributed by atoms with Crippen LogP contribution in [0.3, 0.4) is 0 Å². The molecule has 148 valence electrons. The maximum absolute atomic E-state index is 12.6. The van der Waals surface area contributed by atoms with Gasteiger partial charge in [-0.1, -0.05) is 18.2 Å². The van der Waals surface area contributed by atoms with Gasteiger partial charge in [-0.25, -0.2) is 0 Å². The number of piperazine rings is 1. The van der Waals surface area contributed by atoms with Crippen LogP contribution in [0.4, 0.5) is 5.69 Å². The molecule has 1 aliphatic heterocycles. The molecule has 0 spiro atoms. The smallest absolute Gasteiger partial charge is 0.257 e. The Kier molecular flexibility index (Phi) is 6.91. The molecule has 0 bridgehead atoms. The quantitative estimate of drug-likeness (QED) is 0.695. The van der Waals surface area contributed by atoms with Crippen molar-refractivity contribution >= 4 is 44.9 Å². The fraction of sp³-hybridized carbons (Fsp3) is 0.333. The summed E-state index contributed by atoms with van der Waals surface area (Å²) in [6.45, 7) is 7.21. The van der Waals surface area contributed by atoms with Crippen LogP contribution in [0.5, 0.6) is 5.75 Å². The number of nitrogens with zero attached hydrogens (tertiary/aromatic N) is 2. The number of rotatable bonds is 4. The average molecular weight is 462 g/mol. The molecule has 1 N–H and O–H groups in total. The monoisotopic (exact) mass is 461 g/mol. The van der Waals surface area contributed by atoms with Crippen molar-refractivity contribution in [2.45, 2.75) is 20.0 Å². The number of nitrogens with one attached hydrogen (secondary N) is 1. The standard InChI is InChI=1S/C21H24BrN3O2S/c1-15(2)27-19-9-8-16(14-18(19)22)20(26)23-21(28)25-12-10-24(11-13-25)17-6-4-3-5-7-17/h3-9,14-15H,10-13H2,1-2H3,(H,23,26,28). The maximum Gasteiger partial charge on any atom is 0.257 e. The highest BCUT2D eigenvalue weighted by molar-refractivity contribution is 9.10. The van der Waals surface area contributed by atoms with Crippen molar-refractivity contribution in [2.24, 2.45) is 0 Å². The Balaban J connectivity index is 1.55. The lowest BCUT2D eigenvalue weighted by Gasteiger charge is -2.37. The molecule has 0 aliphatic carbocycles. The predicted octanol–water partition coefficient (Wildman–Crippen LogP) is 4.07. The minimum absolute atomic E-state index is 0.0677. The summed E-state index contributed by atoms with van der Waals surface area (Å²) in [6.07, 6.45) is 0.0677. The lowest BCUT2D eigenvalue weighted by Crippen LogP contribution is -2.52. The van der Waals surface area contributed by atoms with E-state index >= 15 is 0 Å². The van der Waals surface area contributed by atoms with Gasteiger partial charge in [0.1, 0.15) is 5.75 Å². The van der Waals surface area contributed by atoms with Crippen LogP contribution in [-0.4, -0.2) is 48.2 Å². The first-order chi connectivity index (χ1) is 13.4. The molecule has 0 radical (unpaired) electrons. The summed E-state index contributed by atoms with van der Waals surface area (Å²) in [5.41, 5.74) is 1.75. The number of hydrogen-bond acceptors (Lipinski definition) is 4. The Morgan fingerprint density at radius 3 is 2.39 bits per heavy atom. The van der Waals surface area contributed by atoms with Crippen molar-refractivity contribution in [3.05, 3.63) is 58.6 Å². The number of para-hydroxylation sites is 1. The molecule has 0 saturated carbocycles. The summed E-state index contributed by atoms with van der Waals surface area (Å²) in [5.74, 6) is 0.499. The van der Waals surface area contributed by atoms with E-state index in [-0.39, 0.29) is 12.0 Å². The summed E-state index contributed by atoms with van der Waals surface area (Å²) in [5, 5.41) is 3.32. The van der Waals surface area contributed by atoms with Gasteiger partial charge in [-0.15, -0.1) is 0 Å². The minimum Gasteiger partial charge on any atom is -0.490 e. The highest BCUT2D eigenvalue weighted by Gasteiger charge is 2.21. The molecule has 1 saturated heterocycles. The summed E-state index contributed by atoms with van der Waals surface area (Å²) >= 11 is 8.92. The van der Waals surface area contributed by atoms with E-state index in [2.05, 4.69) is 38.3 Å². The molecular formula is C21H24BrN3O2S. The molecule has 7 heteroatoms. The van der Waals surface area contributed by atoms with Gasteiger partial charge in [0.2, 0.25) is 0 Å². The van der Waals surface area contributed by atoms with Gasteiger partial charge in [0, 0.05) is 37.4 Å². The predicted molar refractivity (Wildman–Crippen MR) is 120 cm³/mol. The molecule has 0 atom stereocenters. The zero-order valence-corrected chi connectivity index (χ0v) is 18.4. The van der Waals surface area contributed by atoms with Crippen molar-refractivity contribution in [3.63, 3.8) is 0 Å². The molecule has 3 rings (SSSR count). The van der Waals surface area contributed by atoms with Gasteiger partial charge in [-0.2, -0.15) is 0 Å². The normalized spacial score (nSPS) is 14.1. The first-order valence-corrected chi connectivity index (χ1v) is 10.5. The SMILES string of the molecule is CC(C)Oc1ccc(C(=O)NC(=S)N2CCN(c3ccccc3)CC2)cc1Br. The third kappa shape index (κ3) is 5.23. The van der Waals surface area contributed by atoms with Gasteiger partial charge in [0.25, 0.3) is 5.91 Å². The van der Waals surface area contributed by atoms with E-state index in [4.69, 9.17) is 17.0 Å². The summed E-state index contributed by atoms with van der Waals surface area (Å²) in [7, 11) is 0. The number of carbonyl (C=O) groups excluding carboxylic acids is 1. The third-order valence-corrected chi connectivity index (χ3v) is 5.45. The van der Waals surface area contributed by atoms with Crippen molar-refractivity contribution < 1.29 is 9.53 Å². The first-order valence-electron chi connectivity index (χ1n) is 9.30. The fourth-order valence-electron chi connectivity index (χ4n) is 3.05. The molecule has 0 aromatic heterocycles. The second kappa shape index (κ2) is 9.39. The van der Waals surface area contributed by atoms with E-state index in [1.54, 1.807) is 18.2 Å². The van der Waals surface area contributed by atoms with Crippen LogP contribution < -0.4 is 15.0 Å². The largest absolute Gasteiger partial charge is 0.490 e. The van der Waals surface area contributed by atoms with Crippen LogP contribution >= 0.6 is 28.1 Å². The molecule has 1 fully saturated rings. The van der Waals surface area contributed by atoms with E-state index in [9.17, 15) is 4.79 Å². The summed E-state index contributed by atoms with van der Waals surface area (Å²) in [4.78, 5) is 16.9. The molecule has 1 heterocycles. The lowest BCUT2D eigenvalue weighted by atomic mass is 10.2. The number of carbonyl (C=O) groups is 1. The Labute approximate surface area is 179 Å². The molecule has 5 nitrogen and oxygen atoms in total. The van der Waals surface area contributed by atoms with Gasteiger partial charge < -0.3 is 14.5 Å². The molecule has 28 heavy (non-hydrogen) atoms. The zero-order valence-electron chi connectivity index (χ0n) is 16.0. The minimum atomic E-state index is -0.215. The second-order valence-electron chi connectivity index (χ2n) is 6.88. The van der Waals surface area contributed by atoms with Crippen LogP contribution in [0.15, 0.2) is 53.0 Å². The second-order valence-corrected chi connectivity index (χ2v) is 8.12. The van der Waals surface area contributed by atoms with Crippen molar-refractivity contribution in [1.29, 1.82) is 0 Å². The van der Waals surface area contributed by atoms with Gasteiger partial charge in [0.15, 0.2) is 5.11 Å². The molecule has 0 unspecified atom stereocenters. The first kappa shape index (κ1) is 20.6. The van der Waals surface area contributed by atoms with E-state index in [1.807, 2.05) is 36.9 Å². The summed E-state index contributed by atoms with van der Waals surface area (Å²) in [6, 6.07) is 15.6. The van der Waals surface area contributed by atoms with Crippen LogP contribution in [0.2, 0.25) is 0 Å². The number of anilines is 1. The van der Waals surface area contributed by atoms with Gasteiger partial charge >= 0.3 is 0 Å². The average Bonchev–Trinajstić information content (AvgIpc) is 2.70. The lowest BCUT2D eigenvalue weighted by molar-refractivity contribution is 0.0973. The van der Waals surface area contributed by atoms with Gasteiger partial charge in [-0.3, -0.25) is 10.1 Å². The van der Waals surface area contributed by atoms with Crippen molar-refractivity contribution in [1.82, 2.24) is 10.2 Å². The molecule has 1 aliphatic rings. The van der Waals surface area contributed by atoms with Crippen LogP contribution in [0.1, 0.15) is 24.2 Å². The number of thiocarbonyl (C=S) groups is 1. The third-order valence-electron chi connectivity index (χ3n) is 4.47. The Morgan fingerprint density at radius 1 is 1.11 bits per heavy atom. The Bertz CT molecular complexity index is 837. The van der Waals surface area contributed by atoms with Crippen LogP contribution in [-0.2, 0) is 0 Å². The summed E-state index contributed by atoms with van der Waals surface area (Å²) < 4.78 is 6.43. The molecule has 1 amide bonds. The van der Waals surface area contributed by atoms with E-state index in [1.165, 1.54) is 5.69 Å². The number of benzene rings is 2. The number of halogens is 1. The molecular weight excluding hydrogens is 438 g/mol. The zero-order chi connectivity index (χ0) is 20.1. The Morgan fingerprint density at radius 2 is 1.79 bits per heavy atom. The van der Waals surface area contributed by atoms with Crippen LogP contribution in [0.25, 0.3) is 0 Å². The van der Waals surface area contributed by atoms with E-state index in [0.29, 0.717) is 16.4 Å². The topological polar surface area (TPSA) is 44.8 Å². The maximum atomic E-state index is 12.6. The van der Waals surface area contributed by atoms with Gasteiger partial charge in [0.05, 0.1) is 10.6 Å². The Hall–Kier alpha value is -2.12. The number of ether oxygens (including phenoxy) is 1. The number of amides is 1. The van der Waals surface area contributed by atoms with Crippen molar-refractivity contribution in [3.8, 4) is 5.75 Å². The van der Waals surface area contributed by atoms with E-state index in [0.717, 1.165) is 30.7 Å².